The first-order valence-electron chi connectivity index (χ1n) is 7.87. The van der Waals surface area contributed by atoms with Gasteiger partial charge < -0.3 is 19.5 Å². The summed E-state index contributed by atoms with van der Waals surface area (Å²) in [5, 5.41) is 2.80. The van der Waals surface area contributed by atoms with E-state index in [1.54, 1.807) is 14.0 Å². The largest absolute Gasteiger partial charge is 0.497 e. The number of rotatable bonds is 8. The summed E-state index contributed by atoms with van der Waals surface area (Å²) in [6, 6.07) is 14.9. The second kappa shape index (κ2) is 8.82. The summed E-state index contributed by atoms with van der Waals surface area (Å²) >= 11 is 0. The molecule has 1 atom stereocenters. The van der Waals surface area contributed by atoms with Crippen LogP contribution in [-0.2, 0) is 4.79 Å². The van der Waals surface area contributed by atoms with E-state index < -0.39 is 6.10 Å². The molecule has 5 nitrogen and oxygen atoms in total. The third-order valence-corrected chi connectivity index (χ3v) is 3.50. The number of nitrogens with one attached hydrogen (secondary N) is 1. The van der Waals surface area contributed by atoms with Crippen molar-refractivity contribution in [2.24, 2.45) is 0 Å². The topological polar surface area (TPSA) is 56.8 Å². The van der Waals surface area contributed by atoms with Crippen LogP contribution in [0.3, 0.4) is 0 Å². The summed E-state index contributed by atoms with van der Waals surface area (Å²) in [5.74, 6) is 2.05. The van der Waals surface area contributed by atoms with Crippen LogP contribution in [0.2, 0.25) is 0 Å². The van der Waals surface area contributed by atoms with Gasteiger partial charge in [-0.15, -0.1) is 0 Å². The smallest absolute Gasteiger partial charge is 0.260 e. The number of carbonyl (C=O) groups excluding carboxylic acids is 1. The zero-order valence-electron chi connectivity index (χ0n) is 14.2. The van der Waals surface area contributed by atoms with Crippen LogP contribution in [0.4, 0.5) is 0 Å². The van der Waals surface area contributed by atoms with E-state index in [0.29, 0.717) is 13.2 Å². The van der Waals surface area contributed by atoms with Crippen LogP contribution in [0.1, 0.15) is 12.5 Å². The number of benzene rings is 2. The number of methoxy groups -OCH3 is 1. The molecule has 1 N–H and O–H groups in total. The third-order valence-electron chi connectivity index (χ3n) is 3.50. The molecule has 5 heteroatoms. The number of aryl methyl sites for hydroxylation is 1. The molecule has 0 spiro atoms. The van der Waals surface area contributed by atoms with Crippen molar-refractivity contribution in [3.8, 4) is 17.2 Å². The Kier molecular flexibility index (Phi) is 6.49. The molecule has 0 aliphatic rings. The van der Waals surface area contributed by atoms with E-state index in [9.17, 15) is 4.79 Å². The first-order valence-corrected chi connectivity index (χ1v) is 7.87. The van der Waals surface area contributed by atoms with Crippen molar-refractivity contribution in [3.63, 3.8) is 0 Å². The van der Waals surface area contributed by atoms with Crippen LogP contribution in [0, 0.1) is 6.92 Å². The van der Waals surface area contributed by atoms with E-state index >= 15 is 0 Å². The molecular formula is C19H23NO4. The maximum absolute atomic E-state index is 12.0. The van der Waals surface area contributed by atoms with Crippen molar-refractivity contribution in [2.75, 3.05) is 20.3 Å². The summed E-state index contributed by atoms with van der Waals surface area (Å²) < 4.78 is 16.3. The van der Waals surface area contributed by atoms with Gasteiger partial charge in [-0.05, 0) is 49.7 Å². The molecule has 0 aliphatic carbocycles. The monoisotopic (exact) mass is 329 g/mol. The lowest BCUT2D eigenvalue weighted by Crippen LogP contribution is -2.38. The van der Waals surface area contributed by atoms with Crippen LogP contribution in [0.15, 0.2) is 48.5 Å². The first-order chi connectivity index (χ1) is 11.6. The fourth-order valence-electron chi connectivity index (χ4n) is 2.09. The van der Waals surface area contributed by atoms with Crippen molar-refractivity contribution in [2.45, 2.75) is 20.0 Å². The molecule has 2 rings (SSSR count). The Labute approximate surface area is 142 Å². The molecule has 0 saturated carbocycles. The van der Waals surface area contributed by atoms with E-state index in [-0.39, 0.29) is 5.91 Å². The van der Waals surface area contributed by atoms with Gasteiger partial charge in [-0.25, -0.2) is 0 Å². The Hall–Kier alpha value is -2.69. The van der Waals surface area contributed by atoms with Gasteiger partial charge in [-0.3, -0.25) is 4.79 Å². The molecule has 0 aromatic heterocycles. The van der Waals surface area contributed by atoms with Gasteiger partial charge in [-0.2, -0.15) is 0 Å². The fraction of sp³-hybridized carbons (Fsp3) is 0.316. The lowest BCUT2D eigenvalue weighted by molar-refractivity contribution is -0.127. The molecule has 0 radical (unpaired) electrons. The zero-order chi connectivity index (χ0) is 17.4. The normalized spacial score (nSPS) is 11.5. The molecule has 2 aromatic rings. The van der Waals surface area contributed by atoms with Crippen LogP contribution in [0.25, 0.3) is 0 Å². The molecule has 0 heterocycles. The highest BCUT2D eigenvalue weighted by Crippen LogP contribution is 2.18. The number of hydrogen-bond acceptors (Lipinski definition) is 4. The number of para-hydroxylation sites is 1. The van der Waals surface area contributed by atoms with Crippen LogP contribution in [0.5, 0.6) is 17.2 Å². The van der Waals surface area contributed by atoms with Gasteiger partial charge in [0.05, 0.1) is 13.7 Å². The van der Waals surface area contributed by atoms with Gasteiger partial charge in [-0.1, -0.05) is 18.2 Å². The number of ether oxygens (including phenoxy) is 3. The molecule has 1 amide bonds. The standard InChI is InChI=1S/C19H23NO4/c1-14-6-4-5-7-18(14)24-15(2)19(21)20-12-13-23-17-10-8-16(22-3)9-11-17/h4-11,15H,12-13H2,1-3H3,(H,20,21)/t15-/m0/s1. The predicted octanol–water partition coefficient (Wildman–Crippen LogP) is 2.97. The molecule has 0 saturated heterocycles. The minimum absolute atomic E-state index is 0.170. The molecule has 0 fully saturated rings. The van der Waals surface area contributed by atoms with Crippen molar-refractivity contribution in [1.82, 2.24) is 5.32 Å². The Balaban J connectivity index is 1.71. The van der Waals surface area contributed by atoms with E-state index in [1.807, 2.05) is 55.5 Å². The van der Waals surface area contributed by atoms with E-state index in [4.69, 9.17) is 14.2 Å². The third kappa shape index (κ3) is 5.19. The summed E-state index contributed by atoms with van der Waals surface area (Å²) in [6.07, 6.45) is -0.563. The Morgan fingerprint density at radius 2 is 1.75 bits per heavy atom. The van der Waals surface area contributed by atoms with Gasteiger partial charge >= 0.3 is 0 Å². The summed E-state index contributed by atoms with van der Waals surface area (Å²) in [5.41, 5.74) is 1.000. The second-order valence-corrected chi connectivity index (χ2v) is 5.34. The Bertz CT molecular complexity index is 655. The highest BCUT2D eigenvalue weighted by molar-refractivity contribution is 5.80. The minimum Gasteiger partial charge on any atom is -0.497 e. The number of carbonyl (C=O) groups is 1. The van der Waals surface area contributed by atoms with Crippen molar-refractivity contribution in [1.29, 1.82) is 0 Å². The van der Waals surface area contributed by atoms with Crippen LogP contribution >= 0.6 is 0 Å². The fourth-order valence-corrected chi connectivity index (χ4v) is 2.09. The molecule has 0 aliphatic heterocycles. The predicted molar refractivity (Wildman–Crippen MR) is 92.8 cm³/mol. The van der Waals surface area contributed by atoms with Gasteiger partial charge in [0, 0.05) is 0 Å². The van der Waals surface area contributed by atoms with Crippen LogP contribution in [-0.4, -0.2) is 32.3 Å². The van der Waals surface area contributed by atoms with Crippen molar-refractivity contribution in [3.05, 3.63) is 54.1 Å². The molecular weight excluding hydrogens is 306 g/mol. The highest BCUT2D eigenvalue weighted by Gasteiger charge is 2.14. The molecule has 2 aromatic carbocycles. The highest BCUT2D eigenvalue weighted by atomic mass is 16.5. The van der Waals surface area contributed by atoms with Gasteiger partial charge in [0.1, 0.15) is 23.9 Å². The van der Waals surface area contributed by atoms with E-state index in [0.717, 1.165) is 22.8 Å². The maximum atomic E-state index is 12.0. The minimum atomic E-state index is -0.563. The molecule has 24 heavy (non-hydrogen) atoms. The van der Waals surface area contributed by atoms with Gasteiger partial charge in [0.2, 0.25) is 0 Å². The Morgan fingerprint density at radius 3 is 2.42 bits per heavy atom. The number of amides is 1. The van der Waals surface area contributed by atoms with Crippen LogP contribution < -0.4 is 19.5 Å². The molecule has 0 unspecified atom stereocenters. The summed E-state index contributed by atoms with van der Waals surface area (Å²) in [4.78, 5) is 12.0. The summed E-state index contributed by atoms with van der Waals surface area (Å²) in [6.45, 7) is 4.47. The van der Waals surface area contributed by atoms with E-state index in [1.165, 1.54) is 0 Å². The molecule has 128 valence electrons. The summed E-state index contributed by atoms with van der Waals surface area (Å²) in [7, 11) is 1.62. The lowest BCUT2D eigenvalue weighted by atomic mass is 10.2. The van der Waals surface area contributed by atoms with Gasteiger partial charge in [0.25, 0.3) is 5.91 Å². The second-order valence-electron chi connectivity index (χ2n) is 5.34. The maximum Gasteiger partial charge on any atom is 0.260 e. The quantitative estimate of drug-likeness (QED) is 0.757. The number of hydrogen-bond donors (Lipinski definition) is 1. The van der Waals surface area contributed by atoms with Gasteiger partial charge in [0.15, 0.2) is 6.10 Å². The zero-order valence-corrected chi connectivity index (χ0v) is 14.2. The van der Waals surface area contributed by atoms with Crippen molar-refractivity contribution >= 4 is 5.91 Å². The Morgan fingerprint density at radius 1 is 1.08 bits per heavy atom. The first kappa shape index (κ1) is 17.7. The average Bonchev–Trinajstić information content (AvgIpc) is 2.61. The average molecular weight is 329 g/mol. The molecule has 0 bridgehead atoms. The SMILES string of the molecule is COc1ccc(OCCNC(=O)[C@H](C)Oc2ccccc2C)cc1. The van der Waals surface area contributed by atoms with E-state index in [2.05, 4.69) is 5.32 Å². The lowest BCUT2D eigenvalue weighted by Gasteiger charge is -2.16. The van der Waals surface area contributed by atoms with Crippen molar-refractivity contribution < 1.29 is 19.0 Å².